The Hall–Kier alpha value is -3.64. The summed E-state index contributed by atoms with van der Waals surface area (Å²) in [7, 11) is 0. The zero-order chi connectivity index (χ0) is 23.2. The molecule has 6 nitrogen and oxygen atoms in total. The third-order valence-corrected chi connectivity index (χ3v) is 5.86. The number of hydrogen-bond acceptors (Lipinski definition) is 3. The van der Waals surface area contributed by atoms with Crippen molar-refractivity contribution in [3.05, 3.63) is 101 Å². The molecule has 0 atom stereocenters. The zero-order valence-corrected chi connectivity index (χ0v) is 18.8. The number of hydrogen-bond donors (Lipinski definition) is 1. The number of nitrogens with zero attached hydrogens (tertiary/aromatic N) is 2. The topological polar surface area (TPSA) is 69.7 Å². The fourth-order valence-corrected chi connectivity index (χ4v) is 3.97. The predicted octanol–water partition coefficient (Wildman–Crippen LogP) is 4.95. The minimum atomic E-state index is -0.216. The molecule has 0 aliphatic carbocycles. The number of urea groups is 1. The maximum absolute atomic E-state index is 13.4. The summed E-state index contributed by atoms with van der Waals surface area (Å²) in [6, 6.07) is 22.5. The van der Waals surface area contributed by atoms with Crippen LogP contribution in [0.25, 0.3) is 0 Å². The van der Waals surface area contributed by atoms with Gasteiger partial charge in [-0.15, -0.1) is 0 Å². The molecular formula is C26H24ClN3O3. The lowest BCUT2D eigenvalue weighted by Crippen LogP contribution is -2.39. The van der Waals surface area contributed by atoms with Crippen molar-refractivity contribution in [3.63, 3.8) is 0 Å². The van der Waals surface area contributed by atoms with Gasteiger partial charge in [-0.05, 0) is 36.8 Å². The number of amides is 3. The zero-order valence-electron chi connectivity index (χ0n) is 18.0. The fourth-order valence-electron chi connectivity index (χ4n) is 3.84. The Morgan fingerprint density at radius 3 is 2.03 bits per heavy atom. The molecule has 33 heavy (non-hydrogen) atoms. The van der Waals surface area contributed by atoms with E-state index in [-0.39, 0.29) is 17.7 Å². The predicted molar refractivity (Wildman–Crippen MR) is 129 cm³/mol. The Kier molecular flexibility index (Phi) is 7.05. The summed E-state index contributed by atoms with van der Waals surface area (Å²) < 4.78 is 0. The third-order valence-electron chi connectivity index (χ3n) is 5.60. The fraction of sp³-hybridized carbons (Fsp3) is 0.192. The van der Waals surface area contributed by atoms with Gasteiger partial charge < -0.3 is 15.1 Å². The SMILES string of the molecule is O=C(c1ccccc1)c1ccccc1C(=O)N1CCCN(C(=O)Nc2ccc(Cl)cc2)CC1. The first-order valence-electron chi connectivity index (χ1n) is 10.8. The second kappa shape index (κ2) is 10.3. The quantitative estimate of drug-likeness (QED) is 0.559. The molecule has 0 radical (unpaired) electrons. The van der Waals surface area contributed by atoms with Gasteiger partial charge in [0.05, 0.1) is 5.56 Å². The van der Waals surface area contributed by atoms with E-state index >= 15 is 0 Å². The van der Waals surface area contributed by atoms with E-state index in [4.69, 9.17) is 11.6 Å². The molecule has 3 amide bonds. The van der Waals surface area contributed by atoms with E-state index in [9.17, 15) is 14.4 Å². The van der Waals surface area contributed by atoms with Crippen molar-refractivity contribution in [2.75, 3.05) is 31.5 Å². The number of carbonyl (C=O) groups is 3. The van der Waals surface area contributed by atoms with Gasteiger partial charge in [-0.2, -0.15) is 0 Å². The Morgan fingerprint density at radius 1 is 0.697 bits per heavy atom. The second-order valence-electron chi connectivity index (χ2n) is 7.81. The van der Waals surface area contributed by atoms with E-state index in [1.54, 1.807) is 82.6 Å². The summed E-state index contributed by atoms with van der Waals surface area (Å²) >= 11 is 5.90. The molecule has 3 aromatic rings. The largest absolute Gasteiger partial charge is 0.337 e. The summed E-state index contributed by atoms with van der Waals surface area (Å²) in [4.78, 5) is 42.5. The van der Waals surface area contributed by atoms with Gasteiger partial charge in [0.25, 0.3) is 5.91 Å². The number of benzene rings is 3. The molecule has 0 unspecified atom stereocenters. The van der Waals surface area contributed by atoms with Gasteiger partial charge in [0.1, 0.15) is 0 Å². The molecule has 0 spiro atoms. The van der Waals surface area contributed by atoms with Crippen LogP contribution in [0.2, 0.25) is 5.02 Å². The van der Waals surface area contributed by atoms with Crippen LogP contribution in [0.15, 0.2) is 78.9 Å². The molecule has 1 N–H and O–H groups in total. The molecule has 1 fully saturated rings. The summed E-state index contributed by atoms with van der Waals surface area (Å²) in [6.07, 6.45) is 0.647. The lowest BCUT2D eigenvalue weighted by Gasteiger charge is -2.23. The van der Waals surface area contributed by atoms with E-state index in [1.165, 1.54) is 0 Å². The average molecular weight is 462 g/mol. The van der Waals surface area contributed by atoms with Gasteiger partial charge in [0.15, 0.2) is 5.78 Å². The number of carbonyl (C=O) groups excluding carboxylic acids is 3. The molecule has 0 bridgehead atoms. The van der Waals surface area contributed by atoms with Gasteiger partial charge in [-0.1, -0.05) is 60.1 Å². The van der Waals surface area contributed by atoms with Gasteiger partial charge in [-0.25, -0.2) is 4.79 Å². The van der Waals surface area contributed by atoms with Crippen molar-refractivity contribution in [1.29, 1.82) is 0 Å². The summed E-state index contributed by atoms with van der Waals surface area (Å²) in [5.74, 6) is -0.381. The Morgan fingerprint density at radius 2 is 1.30 bits per heavy atom. The van der Waals surface area contributed by atoms with Crippen LogP contribution in [0.5, 0.6) is 0 Å². The molecule has 1 saturated heterocycles. The van der Waals surface area contributed by atoms with Crippen molar-refractivity contribution in [2.45, 2.75) is 6.42 Å². The van der Waals surface area contributed by atoms with E-state index < -0.39 is 0 Å². The number of nitrogens with one attached hydrogen (secondary N) is 1. The lowest BCUT2D eigenvalue weighted by atomic mass is 9.97. The summed E-state index contributed by atoms with van der Waals surface area (Å²) in [5, 5.41) is 3.46. The standard InChI is InChI=1S/C26H24ClN3O3/c27-20-11-13-21(14-12-20)28-26(33)30-16-6-15-29(17-18-30)25(32)23-10-5-4-9-22(23)24(31)19-7-2-1-3-8-19/h1-5,7-14H,6,15-18H2,(H,28,33). The van der Waals surface area contributed by atoms with E-state index in [1.807, 2.05) is 6.07 Å². The molecule has 168 valence electrons. The minimum Gasteiger partial charge on any atom is -0.337 e. The molecule has 0 aromatic heterocycles. The summed E-state index contributed by atoms with van der Waals surface area (Å²) in [6.45, 7) is 1.84. The van der Waals surface area contributed by atoms with E-state index in [2.05, 4.69) is 5.32 Å². The smallest absolute Gasteiger partial charge is 0.321 e. The van der Waals surface area contributed by atoms with Crippen LogP contribution in [-0.2, 0) is 0 Å². The van der Waals surface area contributed by atoms with Crippen molar-refractivity contribution >= 4 is 35.0 Å². The molecule has 4 rings (SSSR count). The van der Waals surface area contributed by atoms with Crippen LogP contribution in [0, 0.1) is 0 Å². The van der Waals surface area contributed by atoms with Crippen LogP contribution >= 0.6 is 11.6 Å². The molecule has 1 aliphatic rings. The molecular weight excluding hydrogens is 438 g/mol. The minimum absolute atomic E-state index is 0.182. The lowest BCUT2D eigenvalue weighted by molar-refractivity contribution is 0.0758. The van der Waals surface area contributed by atoms with Crippen molar-refractivity contribution in [1.82, 2.24) is 9.80 Å². The van der Waals surface area contributed by atoms with Crippen molar-refractivity contribution in [2.24, 2.45) is 0 Å². The highest BCUT2D eigenvalue weighted by Gasteiger charge is 2.26. The third kappa shape index (κ3) is 5.41. The van der Waals surface area contributed by atoms with Crippen LogP contribution < -0.4 is 5.32 Å². The van der Waals surface area contributed by atoms with E-state index in [0.717, 1.165) is 0 Å². The molecule has 7 heteroatoms. The Bertz CT molecular complexity index is 1150. The van der Waals surface area contributed by atoms with Crippen molar-refractivity contribution < 1.29 is 14.4 Å². The highest BCUT2D eigenvalue weighted by Crippen LogP contribution is 2.19. The highest BCUT2D eigenvalue weighted by atomic mass is 35.5. The molecule has 1 aliphatic heterocycles. The number of ketones is 1. The molecule has 1 heterocycles. The molecule has 3 aromatic carbocycles. The summed E-state index contributed by atoms with van der Waals surface area (Å²) in [5.41, 5.74) is 1.97. The molecule has 0 saturated carbocycles. The van der Waals surface area contributed by atoms with Crippen LogP contribution in [0.1, 0.15) is 32.7 Å². The normalized spacial score (nSPS) is 13.8. The maximum Gasteiger partial charge on any atom is 0.321 e. The average Bonchev–Trinajstić information content (AvgIpc) is 3.12. The van der Waals surface area contributed by atoms with Crippen LogP contribution in [-0.4, -0.2) is 53.7 Å². The van der Waals surface area contributed by atoms with Gasteiger partial charge in [0.2, 0.25) is 0 Å². The maximum atomic E-state index is 13.4. The monoisotopic (exact) mass is 461 g/mol. The van der Waals surface area contributed by atoms with Gasteiger partial charge >= 0.3 is 6.03 Å². The second-order valence-corrected chi connectivity index (χ2v) is 8.25. The van der Waals surface area contributed by atoms with Gasteiger partial charge in [-0.3, -0.25) is 9.59 Å². The van der Waals surface area contributed by atoms with Crippen LogP contribution in [0.3, 0.4) is 0 Å². The highest BCUT2D eigenvalue weighted by molar-refractivity contribution is 6.30. The van der Waals surface area contributed by atoms with Gasteiger partial charge in [0, 0.05) is 48.0 Å². The first-order chi connectivity index (χ1) is 16.0. The number of anilines is 1. The Labute approximate surface area is 197 Å². The van der Waals surface area contributed by atoms with E-state index in [0.29, 0.717) is 60.0 Å². The number of halogens is 1. The van der Waals surface area contributed by atoms with Crippen LogP contribution in [0.4, 0.5) is 10.5 Å². The first-order valence-corrected chi connectivity index (χ1v) is 11.2. The number of rotatable bonds is 4. The first kappa shape index (κ1) is 22.6. The van der Waals surface area contributed by atoms with Crippen molar-refractivity contribution in [3.8, 4) is 0 Å². The Balaban J connectivity index is 1.44.